The van der Waals surface area contributed by atoms with Gasteiger partial charge in [0.15, 0.2) is 0 Å². The molecule has 2 heterocycles. The van der Waals surface area contributed by atoms with Gasteiger partial charge < -0.3 is 10.1 Å². The smallest absolute Gasteiger partial charge is 0.0495 e. The third-order valence-electron chi connectivity index (χ3n) is 3.91. The van der Waals surface area contributed by atoms with E-state index < -0.39 is 0 Å². The number of ether oxygens (including phenoxy) is 1. The molecular weight excluding hydrogens is 236 g/mol. The van der Waals surface area contributed by atoms with Gasteiger partial charge in [-0.1, -0.05) is 6.92 Å². The molecule has 2 aliphatic heterocycles. The van der Waals surface area contributed by atoms with E-state index in [1.54, 1.807) is 0 Å². The third kappa shape index (κ3) is 4.74. The van der Waals surface area contributed by atoms with Gasteiger partial charge in [-0.05, 0) is 51.2 Å². The molecule has 0 aromatic rings. The topological polar surface area (TPSA) is 24.5 Å². The van der Waals surface area contributed by atoms with Crippen LogP contribution in [0.3, 0.4) is 0 Å². The van der Waals surface area contributed by atoms with Crippen molar-refractivity contribution in [2.75, 3.05) is 39.4 Å². The maximum absolute atomic E-state index is 5.44. The molecule has 2 unspecified atom stereocenters. The SMILES string of the molecule is CCCN(CCC1CCOC1)C1CCNC1.Cl. The first-order valence-electron chi connectivity index (χ1n) is 6.92. The highest BCUT2D eigenvalue weighted by molar-refractivity contribution is 5.85. The Morgan fingerprint density at radius 3 is 2.76 bits per heavy atom. The average molecular weight is 263 g/mol. The van der Waals surface area contributed by atoms with Gasteiger partial charge in [-0.2, -0.15) is 0 Å². The van der Waals surface area contributed by atoms with E-state index in [0.29, 0.717) is 0 Å². The molecule has 102 valence electrons. The Labute approximate surface area is 112 Å². The minimum Gasteiger partial charge on any atom is -0.381 e. The second kappa shape index (κ2) is 8.30. The largest absolute Gasteiger partial charge is 0.381 e. The van der Waals surface area contributed by atoms with Gasteiger partial charge in [0.25, 0.3) is 0 Å². The van der Waals surface area contributed by atoms with Crippen LogP contribution in [0.25, 0.3) is 0 Å². The molecule has 4 heteroatoms. The molecule has 3 nitrogen and oxygen atoms in total. The Kier molecular flexibility index (Phi) is 7.44. The lowest BCUT2D eigenvalue weighted by atomic mass is 10.0. The zero-order valence-electron chi connectivity index (χ0n) is 11.0. The number of nitrogens with zero attached hydrogens (tertiary/aromatic N) is 1. The first-order chi connectivity index (χ1) is 7.90. The summed E-state index contributed by atoms with van der Waals surface area (Å²) in [6.45, 7) is 9.22. The molecule has 0 aromatic carbocycles. The van der Waals surface area contributed by atoms with Gasteiger partial charge in [0, 0.05) is 25.8 Å². The Morgan fingerprint density at radius 1 is 1.29 bits per heavy atom. The number of halogens is 1. The maximum atomic E-state index is 5.44. The van der Waals surface area contributed by atoms with E-state index in [4.69, 9.17) is 4.74 Å². The van der Waals surface area contributed by atoms with Crippen LogP contribution in [0.4, 0.5) is 0 Å². The summed E-state index contributed by atoms with van der Waals surface area (Å²) in [5.74, 6) is 0.828. The van der Waals surface area contributed by atoms with Crippen LogP contribution in [0.5, 0.6) is 0 Å². The molecule has 0 amide bonds. The summed E-state index contributed by atoms with van der Waals surface area (Å²) in [5.41, 5.74) is 0. The minimum atomic E-state index is 0. The van der Waals surface area contributed by atoms with Crippen molar-refractivity contribution in [3.63, 3.8) is 0 Å². The van der Waals surface area contributed by atoms with E-state index in [1.807, 2.05) is 0 Å². The normalized spacial score (nSPS) is 28.6. The van der Waals surface area contributed by atoms with E-state index in [9.17, 15) is 0 Å². The molecular formula is C13H27ClN2O. The first kappa shape index (κ1) is 15.2. The van der Waals surface area contributed by atoms with Gasteiger partial charge >= 0.3 is 0 Å². The fraction of sp³-hybridized carbons (Fsp3) is 1.00. The lowest BCUT2D eigenvalue weighted by Gasteiger charge is -2.28. The van der Waals surface area contributed by atoms with Crippen LogP contribution in [-0.2, 0) is 4.74 Å². The third-order valence-corrected chi connectivity index (χ3v) is 3.91. The van der Waals surface area contributed by atoms with Crippen LogP contribution >= 0.6 is 12.4 Å². The molecule has 2 aliphatic rings. The van der Waals surface area contributed by atoms with Crippen molar-refractivity contribution in [3.8, 4) is 0 Å². The van der Waals surface area contributed by atoms with Crippen LogP contribution in [0.15, 0.2) is 0 Å². The maximum Gasteiger partial charge on any atom is 0.0495 e. The molecule has 0 aromatic heterocycles. The van der Waals surface area contributed by atoms with Gasteiger partial charge in [-0.3, -0.25) is 4.90 Å². The van der Waals surface area contributed by atoms with Crippen molar-refractivity contribution in [1.82, 2.24) is 10.2 Å². The highest BCUT2D eigenvalue weighted by Crippen LogP contribution is 2.18. The number of nitrogens with one attached hydrogen (secondary N) is 1. The minimum absolute atomic E-state index is 0. The van der Waals surface area contributed by atoms with E-state index in [0.717, 1.165) is 25.2 Å². The van der Waals surface area contributed by atoms with Gasteiger partial charge in [0.2, 0.25) is 0 Å². The standard InChI is InChI=1S/C13H26N2O.ClH/c1-2-7-15(13-3-6-14-10-13)8-4-12-5-9-16-11-12;/h12-14H,2-11H2,1H3;1H. The molecule has 0 bridgehead atoms. The summed E-state index contributed by atoms with van der Waals surface area (Å²) in [4.78, 5) is 2.69. The summed E-state index contributed by atoms with van der Waals surface area (Å²) in [6, 6.07) is 0.794. The van der Waals surface area contributed by atoms with Crippen LogP contribution < -0.4 is 5.32 Å². The second-order valence-corrected chi connectivity index (χ2v) is 5.20. The molecule has 0 spiro atoms. The van der Waals surface area contributed by atoms with Crippen LogP contribution in [0.2, 0.25) is 0 Å². The monoisotopic (exact) mass is 262 g/mol. The van der Waals surface area contributed by atoms with Crippen molar-refractivity contribution >= 4 is 12.4 Å². The van der Waals surface area contributed by atoms with Crippen LogP contribution in [-0.4, -0.2) is 50.3 Å². The second-order valence-electron chi connectivity index (χ2n) is 5.20. The predicted molar refractivity (Wildman–Crippen MR) is 73.9 cm³/mol. The van der Waals surface area contributed by atoms with Gasteiger partial charge in [-0.25, -0.2) is 0 Å². The molecule has 0 aliphatic carbocycles. The molecule has 2 atom stereocenters. The molecule has 0 saturated carbocycles. The highest BCUT2D eigenvalue weighted by Gasteiger charge is 2.23. The lowest BCUT2D eigenvalue weighted by Crippen LogP contribution is -2.38. The summed E-state index contributed by atoms with van der Waals surface area (Å²) < 4.78 is 5.44. The van der Waals surface area contributed by atoms with E-state index in [1.165, 1.54) is 51.9 Å². The van der Waals surface area contributed by atoms with Crippen molar-refractivity contribution in [1.29, 1.82) is 0 Å². The van der Waals surface area contributed by atoms with E-state index >= 15 is 0 Å². The van der Waals surface area contributed by atoms with Crippen molar-refractivity contribution in [2.24, 2.45) is 5.92 Å². The number of rotatable bonds is 6. The van der Waals surface area contributed by atoms with Crippen LogP contribution in [0, 0.1) is 5.92 Å². The van der Waals surface area contributed by atoms with E-state index in [2.05, 4.69) is 17.1 Å². The van der Waals surface area contributed by atoms with Gasteiger partial charge in [-0.15, -0.1) is 12.4 Å². The number of hydrogen-bond donors (Lipinski definition) is 1. The van der Waals surface area contributed by atoms with E-state index in [-0.39, 0.29) is 12.4 Å². The molecule has 2 fully saturated rings. The Hall–Kier alpha value is 0.170. The fourth-order valence-corrected chi connectivity index (χ4v) is 2.87. The Balaban J connectivity index is 0.00000144. The van der Waals surface area contributed by atoms with Crippen molar-refractivity contribution < 1.29 is 4.74 Å². The summed E-state index contributed by atoms with van der Waals surface area (Å²) >= 11 is 0. The molecule has 0 radical (unpaired) electrons. The zero-order chi connectivity index (χ0) is 11.2. The molecule has 1 N–H and O–H groups in total. The van der Waals surface area contributed by atoms with Crippen molar-refractivity contribution in [2.45, 2.75) is 38.6 Å². The van der Waals surface area contributed by atoms with Gasteiger partial charge in [0.1, 0.15) is 0 Å². The highest BCUT2D eigenvalue weighted by atomic mass is 35.5. The van der Waals surface area contributed by atoms with Crippen LogP contribution in [0.1, 0.15) is 32.6 Å². The summed E-state index contributed by atoms with van der Waals surface area (Å²) in [5, 5.41) is 3.47. The first-order valence-corrected chi connectivity index (χ1v) is 6.92. The quantitative estimate of drug-likeness (QED) is 0.792. The lowest BCUT2D eigenvalue weighted by molar-refractivity contribution is 0.167. The predicted octanol–water partition coefficient (Wildman–Crippen LogP) is 1.91. The zero-order valence-corrected chi connectivity index (χ0v) is 11.8. The molecule has 2 rings (SSSR count). The molecule has 17 heavy (non-hydrogen) atoms. The number of hydrogen-bond acceptors (Lipinski definition) is 3. The van der Waals surface area contributed by atoms with Crippen molar-refractivity contribution in [3.05, 3.63) is 0 Å². The fourth-order valence-electron chi connectivity index (χ4n) is 2.87. The molecule has 2 saturated heterocycles. The average Bonchev–Trinajstić information content (AvgIpc) is 2.96. The van der Waals surface area contributed by atoms with Gasteiger partial charge in [0.05, 0.1) is 0 Å². The summed E-state index contributed by atoms with van der Waals surface area (Å²) in [6.07, 6.45) is 5.22. The Bertz CT molecular complexity index is 192. The summed E-state index contributed by atoms with van der Waals surface area (Å²) in [7, 11) is 0. The Morgan fingerprint density at radius 2 is 2.18 bits per heavy atom.